The number of methoxy groups -OCH3 is 1. The highest BCUT2D eigenvalue weighted by Gasteiger charge is 2.12. The average molecular weight is 384 g/mol. The van der Waals surface area contributed by atoms with Crippen molar-refractivity contribution in [2.24, 2.45) is 0 Å². The number of rotatable bonds is 7. The third-order valence-corrected chi connectivity index (χ3v) is 4.15. The highest BCUT2D eigenvalue weighted by molar-refractivity contribution is 6.09. The van der Waals surface area contributed by atoms with Gasteiger partial charge in [-0.05, 0) is 29.8 Å². The third kappa shape index (κ3) is 5.47. The van der Waals surface area contributed by atoms with Crippen molar-refractivity contribution in [3.63, 3.8) is 0 Å². The van der Waals surface area contributed by atoms with Crippen LogP contribution in [0.25, 0.3) is 6.08 Å². The molecule has 3 rings (SSSR count). The lowest BCUT2D eigenvalue weighted by Crippen LogP contribution is -2.13. The molecule has 1 N–H and O–H groups in total. The van der Waals surface area contributed by atoms with E-state index in [-0.39, 0.29) is 5.57 Å². The summed E-state index contributed by atoms with van der Waals surface area (Å²) in [5.41, 5.74) is 2.20. The highest BCUT2D eigenvalue weighted by Crippen LogP contribution is 2.23. The first-order valence-corrected chi connectivity index (χ1v) is 9.02. The van der Waals surface area contributed by atoms with E-state index >= 15 is 0 Å². The van der Waals surface area contributed by atoms with Gasteiger partial charge < -0.3 is 14.8 Å². The zero-order valence-corrected chi connectivity index (χ0v) is 16.0. The summed E-state index contributed by atoms with van der Waals surface area (Å²) in [6.07, 6.45) is 1.52. The van der Waals surface area contributed by atoms with Crippen molar-refractivity contribution in [1.29, 1.82) is 5.26 Å². The molecule has 1 amide bonds. The van der Waals surface area contributed by atoms with Crippen LogP contribution in [0, 0.1) is 11.3 Å². The molecule has 29 heavy (non-hydrogen) atoms. The molecule has 0 bridgehead atoms. The molecule has 0 unspecified atom stereocenters. The fraction of sp³-hybridized carbons (Fsp3) is 0.0833. The number of carbonyl (C=O) groups excluding carboxylic acids is 1. The largest absolute Gasteiger partial charge is 0.497 e. The number of nitriles is 1. The van der Waals surface area contributed by atoms with Crippen LogP contribution < -0.4 is 14.8 Å². The molecule has 0 aromatic heterocycles. The normalized spacial score (nSPS) is 10.7. The van der Waals surface area contributed by atoms with E-state index in [0.717, 1.165) is 5.56 Å². The Bertz CT molecular complexity index is 1050. The van der Waals surface area contributed by atoms with Gasteiger partial charge in [0.2, 0.25) is 0 Å². The molecule has 0 aliphatic carbocycles. The van der Waals surface area contributed by atoms with Gasteiger partial charge in [0.25, 0.3) is 5.91 Å². The molecular weight excluding hydrogens is 364 g/mol. The van der Waals surface area contributed by atoms with Gasteiger partial charge in [-0.3, -0.25) is 4.79 Å². The van der Waals surface area contributed by atoms with Crippen LogP contribution in [-0.2, 0) is 11.4 Å². The Labute approximate surface area is 169 Å². The smallest absolute Gasteiger partial charge is 0.266 e. The number of carbonyl (C=O) groups is 1. The number of anilines is 1. The standard InChI is InChI=1S/C24H20N2O3/c1-28-22-12-7-11-21(15-22)26-24(27)20(16-25)14-19-10-5-6-13-23(19)29-17-18-8-3-2-4-9-18/h2-15H,17H2,1H3,(H,26,27)/b20-14+. The summed E-state index contributed by atoms with van der Waals surface area (Å²) in [5.74, 6) is 0.710. The summed E-state index contributed by atoms with van der Waals surface area (Å²) < 4.78 is 11.0. The monoisotopic (exact) mass is 384 g/mol. The van der Waals surface area contributed by atoms with E-state index in [1.807, 2.05) is 54.6 Å². The number of hydrogen-bond donors (Lipinski definition) is 1. The Morgan fingerprint density at radius 2 is 1.79 bits per heavy atom. The van der Waals surface area contributed by atoms with E-state index in [2.05, 4.69) is 5.32 Å². The van der Waals surface area contributed by atoms with E-state index in [1.54, 1.807) is 37.4 Å². The number of benzene rings is 3. The Morgan fingerprint density at radius 1 is 1.03 bits per heavy atom. The van der Waals surface area contributed by atoms with Crippen molar-refractivity contribution in [2.75, 3.05) is 12.4 Å². The van der Waals surface area contributed by atoms with Gasteiger partial charge in [0.15, 0.2) is 0 Å². The van der Waals surface area contributed by atoms with Crippen molar-refractivity contribution in [1.82, 2.24) is 0 Å². The molecule has 0 heterocycles. The maximum absolute atomic E-state index is 12.6. The molecule has 5 nitrogen and oxygen atoms in total. The zero-order valence-electron chi connectivity index (χ0n) is 16.0. The van der Waals surface area contributed by atoms with Gasteiger partial charge in [0.05, 0.1) is 7.11 Å². The lowest BCUT2D eigenvalue weighted by atomic mass is 10.1. The molecule has 0 saturated carbocycles. The van der Waals surface area contributed by atoms with Crippen LogP contribution in [0.3, 0.4) is 0 Å². The van der Waals surface area contributed by atoms with Gasteiger partial charge in [0.1, 0.15) is 29.7 Å². The van der Waals surface area contributed by atoms with Crippen LogP contribution in [0.2, 0.25) is 0 Å². The van der Waals surface area contributed by atoms with E-state index in [9.17, 15) is 10.1 Å². The number of ether oxygens (including phenoxy) is 2. The second-order valence-electron chi connectivity index (χ2n) is 6.17. The summed E-state index contributed by atoms with van der Waals surface area (Å²) in [4.78, 5) is 12.6. The predicted molar refractivity (Wildman–Crippen MR) is 112 cm³/mol. The average Bonchev–Trinajstić information content (AvgIpc) is 2.77. The summed E-state index contributed by atoms with van der Waals surface area (Å²) in [7, 11) is 1.55. The minimum atomic E-state index is -0.501. The fourth-order valence-electron chi connectivity index (χ4n) is 2.67. The summed E-state index contributed by atoms with van der Waals surface area (Å²) in [5, 5.41) is 12.2. The van der Waals surface area contributed by atoms with Crippen molar-refractivity contribution >= 4 is 17.7 Å². The Hall–Kier alpha value is -4.04. The second-order valence-corrected chi connectivity index (χ2v) is 6.17. The Morgan fingerprint density at radius 3 is 2.55 bits per heavy atom. The number of amides is 1. The van der Waals surface area contributed by atoms with Gasteiger partial charge in [-0.1, -0.05) is 54.6 Å². The van der Waals surface area contributed by atoms with Crippen LogP contribution in [0.1, 0.15) is 11.1 Å². The van der Waals surface area contributed by atoms with Crippen LogP contribution in [0.4, 0.5) is 5.69 Å². The number of nitrogens with zero attached hydrogens (tertiary/aromatic N) is 1. The second kappa shape index (κ2) is 9.77. The first-order chi connectivity index (χ1) is 14.2. The summed E-state index contributed by atoms with van der Waals surface area (Å²) >= 11 is 0. The van der Waals surface area contributed by atoms with Crippen LogP contribution in [0.15, 0.2) is 84.4 Å². The minimum absolute atomic E-state index is 0.0245. The van der Waals surface area contributed by atoms with Crippen molar-refractivity contribution in [3.8, 4) is 17.6 Å². The molecule has 0 aliphatic rings. The third-order valence-electron chi connectivity index (χ3n) is 4.15. The van der Waals surface area contributed by atoms with E-state index in [4.69, 9.17) is 9.47 Å². The molecular formula is C24H20N2O3. The van der Waals surface area contributed by atoms with Crippen molar-refractivity contribution in [2.45, 2.75) is 6.61 Å². The Kier molecular flexibility index (Phi) is 6.64. The molecule has 3 aromatic rings. The molecule has 0 aliphatic heterocycles. The first kappa shape index (κ1) is 19.7. The molecule has 0 fully saturated rings. The predicted octanol–water partition coefficient (Wildman–Crippen LogP) is 4.82. The number of para-hydroxylation sites is 1. The van der Waals surface area contributed by atoms with E-state index in [0.29, 0.717) is 29.4 Å². The first-order valence-electron chi connectivity index (χ1n) is 9.02. The molecule has 144 valence electrons. The van der Waals surface area contributed by atoms with Gasteiger partial charge in [-0.25, -0.2) is 0 Å². The van der Waals surface area contributed by atoms with Crippen LogP contribution in [0.5, 0.6) is 11.5 Å². The topological polar surface area (TPSA) is 71.3 Å². The SMILES string of the molecule is COc1cccc(NC(=O)/C(C#N)=C/c2ccccc2OCc2ccccc2)c1. The minimum Gasteiger partial charge on any atom is -0.497 e. The van der Waals surface area contributed by atoms with Crippen LogP contribution in [-0.4, -0.2) is 13.0 Å². The van der Waals surface area contributed by atoms with E-state index < -0.39 is 5.91 Å². The highest BCUT2D eigenvalue weighted by atomic mass is 16.5. The maximum Gasteiger partial charge on any atom is 0.266 e. The maximum atomic E-state index is 12.6. The van der Waals surface area contributed by atoms with Crippen molar-refractivity contribution in [3.05, 3.63) is 95.6 Å². The zero-order chi connectivity index (χ0) is 20.5. The van der Waals surface area contributed by atoms with Gasteiger partial charge in [-0.15, -0.1) is 0 Å². The molecule has 0 atom stereocenters. The summed E-state index contributed by atoms with van der Waals surface area (Å²) in [6.45, 7) is 0.392. The van der Waals surface area contributed by atoms with Gasteiger partial charge in [-0.2, -0.15) is 5.26 Å². The molecule has 0 spiro atoms. The van der Waals surface area contributed by atoms with Gasteiger partial charge >= 0.3 is 0 Å². The number of hydrogen-bond acceptors (Lipinski definition) is 4. The fourth-order valence-corrected chi connectivity index (χ4v) is 2.67. The van der Waals surface area contributed by atoms with Gasteiger partial charge in [0, 0.05) is 17.3 Å². The Balaban J connectivity index is 1.78. The van der Waals surface area contributed by atoms with E-state index in [1.165, 1.54) is 6.08 Å². The number of nitrogens with one attached hydrogen (secondary N) is 1. The lowest BCUT2D eigenvalue weighted by Gasteiger charge is -2.10. The van der Waals surface area contributed by atoms with Crippen LogP contribution >= 0.6 is 0 Å². The molecule has 0 saturated heterocycles. The molecule has 5 heteroatoms. The quantitative estimate of drug-likeness (QED) is 0.468. The molecule has 3 aromatic carbocycles. The molecule has 0 radical (unpaired) electrons. The summed E-state index contributed by atoms with van der Waals surface area (Å²) in [6, 6.07) is 26.0. The van der Waals surface area contributed by atoms with Crippen molar-refractivity contribution < 1.29 is 14.3 Å². The lowest BCUT2D eigenvalue weighted by molar-refractivity contribution is -0.112.